The number of fused-ring (bicyclic) bond motifs is 1. The Bertz CT molecular complexity index is 661. The molecule has 102 valence electrons. The molecule has 3 N–H and O–H groups in total. The first-order valence-corrected chi connectivity index (χ1v) is 5.93. The summed E-state index contributed by atoms with van der Waals surface area (Å²) in [7, 11) is 0. The van der Waals surface area contributed by atoms with Crippen LogP contribution in [0.1, 0.15) is 26.7 Å². The normalized spacial score (nSPS) is 11.8. The number of rotatable bonds is 1. The molecule has 0 aliphatic heterocycles. The van der Waals surface area contributed by atoms with Crippen LogP contribution in [0.15, 0.2) is 10.5 Å². The standard InChI is InChI=1S/C12H13ClFN3O2/c1-12(2,3)10-16-7-5(13)4-6(14)8(9(7)19-10)17-11(15)18/h4H,1-3H3,(H3,15,17,18). The number of hydrogen-bond donors (Lipinski definition) is 2. The van der Waals surface area contributed by atoms with E-state index in [1.165, 1.54) is 0 Å². The Morgan fingerprint density at radius 3 is 2.68 bits per heavy atom. The van der Waals surface area contributed by atoms with E-state index >= 15 is 0 Å². The molecule has 0 saturated carbocycles. The molecule has 0 aliphatic carbocycles. The van der Waals surface area contributed by atoms with Crippen molar-refractivity contribution in [3.8, 4) is 0 Å². The molecule has 7 heteroatoms. The van der Waals surface area contributed by atoms with Crippen molar-refractivity contribution in [3.63, 3.8) is 0 Å². The van der Waals surface area contributed by atoms with Gasteiger partial charge in [-0.2, -0.15) is 0 Å². The fourth-order valence-electron chi connectivity index (χ4n) is 1.57. The fourth-order valence-corrected chi connectivity index (χ4v) is 1.80. The van der Waals surface area contributed by atoms with E-state index in [-0.39, 0.29) is 27.2 Å². The summed E-state index contributed by atoms with van der Waals surface area (Å²) in [5.74, 6) is -0.338. The lowest BCUT2D eigenvalue weighted by Crippen LogP contribution is -2.20. The van der Waals surface area contributed by atoms with E-state index in [9.17, 15) is 9.18 Å². The zero-order chi connectivity index (χ0) is 14.4. The van der Waals surface area contributed by atoms with Crippen molar-refractivity contribution in [2.24, 2.45) is 5.73 Å². The van der Waals surface area contributed by atoms with Crippen LogP contribution in [0, 0.1) is 5.82 Å². The maximum absolute atomic E-state index is 13.8. The topological polar surface area (TPSA) is 81.1 Å². The van der Waals surface area contributed by atoms with E-state index in [2.05, 4.69) is 10.3 Å². The van der Waals surface area contributed by atoms with Gasteiger partial charge in [-0.15, -0.1) is 0 Å². The van der Waals surface area contributed by atoms with Crippen LogP contribution in [0.4, 0.5) is 14.9 Å². The average Bonchev–Trinajstić information content (AvgIpc) is 2.68. The summed E-state index contributed by atoms with van der Waals surface area (Å²) in [6.45, 7) is 5.68. The molecule has 1 heterocycles. The van der Waals surface area contributed by atoms with Crippen LogP contribution in [0.5, 0.6) is 0 Å². The Labute approximate surface area is 113 Å². The second-order valence-electron chi connectivity index (χ2n) is 5.15. The van der Waals surface area contributed by atoms with Gasteiger partial charge in [-0.3, -0.25) is 0 Å². The first kappa shape index (κ1) is 13.6. The number of nitrogens with zero attached hydrogens (tertiary/aromatic N) is 1. The largest absolute Gasteiger partial charge is 0.438 e. The van der Waals surface area contributed by atoms with Crippen molar-refractivity contribution >= 4 is 34.4 Å². The Morgan fingerprint density at radius 1 is 1.53 bits per heavy atom. The molecule has 0 fully saturated rings. The van der Waals surface area contributed by atoms with Gasteiger partial charge in [0.15, 0.2) is 11.4 Å². The van der Waals surface area contributed by atoms with Gasteiger partial charge in [0, 0.05) is 5.41 Å². The van der Waals surface area contributed by atoms with Crippen LogP contribution in [0.25, 0.3) is 11.1 Å². The average molecular weight is 286 g/mol. The summed E-state index contributed by atoms with van der Waals surface area (Å²) in [5.41, 5.74) is 4.84. The summed E-state index contributed by atoms with van der Waals surface area (Å²) in [6, 6.07) is 0.167. The molecule has 0 radical (unpaired) electrons. The Balaban J connectivity index is 2.74. The summed E-state index contributed by atoms with van der Waals surface area (Å²) >= 11 is 5.93. The number of carbonyl (C=O) groups is 1. The highest BCUT2D eigenvalue weighted by Crippen LogP contribution is 2.35. The number of hydrogen-bond acceptors (Lipinski definition) is 3. The highest BCUT2D eigenvalue weighted by molar-refractivity contribution is 6.35. The van der Waals surface area contributed by atoms with Crippen molar-refractivity contribution in [3.05, 3.63) is 22.8 Å². The van der Waals surface area contributed by atoms with E-state index in [0.29, 0.717) is 5.89 Å². The molecular weight excluding hydrogens is 273 g/mol. The zero-order valence-corrected chi connectivity index (χ0v) is 11.4. The summed E-state index contributed by atoms with van der Waals surface area (Å²) < 4.78 is 19.3. The van der Waals surface area contributed by atoms with Gasteiger partial charge >= 0.3 is 6.03 Å². The molecule has 0 saturated heterocycles. The number of halogens is 2. The quantitative estimate of drug-likeness (QED) is 0.842. The first-order valence-electron chi connectivity index (χ1n) is 5.55. The number of nitrogens with one attached hydrogen (secondary N) is 1. The molecule has 1 aromatic carbocycles. The van der Waals surface area contributed by atoms with Crippen LogP contribution in [-0.4, -0.2) is 11.0 Å². The molecule has 0 unspecified atom stereocenters. The number of amides is 2. The SMILES string of the molecule is CC(C)(C)c1nc2c(Cl)cc(F)c(NC(N)=O)c2o1. The third-order valence-corrected chi connectivity index (χ3v) is 2.75. The minimum atomic E-state index is -0.892. The maximum atomic E-state index is 13.8. The summed E-state index contributed by atoms with van der Waals surface area (Å²) in [5, 5.41) is 2.29. The van der Waals surface area contributed by atoms with Crippen molar-refractivity contribution in [1.82, 2.24) is 4.98 Å². The molecule has 2 aromatic rings. The molecule has 0 spiro atoms. The van der Waals surface area contributed by atoms with E-state index in [1.54, 1.807) is 0 Å². The van der Waals surface area contributed by atoms with Gasteiger partial charge in [0.2, 0.25) is 5.89 Å². The molecule has 1 aromatic heterocycles. The second-order valence-corrected chi connectivity index (χ2v) is 5.56. The lowest BCUT2D eigenvalue weighted by Gasteiger charge is -2.11. The van der Waals surface area contributed by atoms with Gasteiger partial charge in [-0.1, -0.05) is 32.4 Å². The van der Waals surface area contributed by atoms with Crippen LogP contribution >= 0.6 is 11.6 Å². The number of aromatic nitrogens is 1. The molecule has 2 amide bonds. The van der Waals surface area contributed by atoms with E-state index in [0.717, 1.165) is 6.07 Å². The van der Waals surface area contributed by atoms with Crippen LogP contribution in [-0.2, 0) is 5.41 Å². The number of anilines is 1. The number of urea groups is 1. The van der Waals surface area contributed by atoms with Gasteiger partial charge in [-0.05, 0) is 6.07 Å². The minimum Gasteiger partial charge on any atom is -0.438 e. The molecule has 2 rings (SSSR count). The van der Waals surface area contributed by atoms with Crippen molar-refractivity contribution < 1.29 is 13.6 Å². The third-order valence-electron chi connectivity index (χ3n) is 2.46. The van der Waals surface area contributed by atoms with E-state index in [4.69, 9.17) is 21.8 Å². The van der Waals surface area contributed by atoms with Gasteiger partial charge in [-0.25, -0.2) is 14.2 Å². The van der Waals surface area contributed by atoms with Crippen molar-refractivity contribution in [2.45, 2.75) is 26.2 Å². The summed E-state index contributed by atoms with van der Waals surface area (Å²) in [6.07, 6.45) is 0. The highest BCUT2D eigenvalue weighted by atomic mass is 35.5. The Morgan fingerprint density at radius 2 is 2.16 bits per heavy atom. The smallest absolute Gasteiger partial charge is 0.316 e. The van der Waals surface area contributed by atoms with E-state index in [1.807, 2.05) is 20.8 Å². The molecule has 5 nitrogen and oxygen atoms in total. The number of oxazole rings is 1. The molecule has 0 aliphatic rings. The third kappa shape index (κ3) is 2.49. The minimum absolute atomic E-state index is 0.0775. The van der Waals surface area contributed by atoms with Crippen molar-refractivity contribution in [1.29, 1.82) is 0 Å². The molecule has 0 atom stereocenters. The van der Waals surface area contributed by atoms with Gasteiger partial charge in [0.05, 0.1) is 5.02 Å². The number of carbonyl (C=O) groups excluding carboxylic acids is 1. The monoisotopic (exact) mass is 285 g/mol. The predicted molar refractivity (Wildman–Crippen MR) is 70.9 cm³/mol. The van der Waals surface area contributed by atoms with Crippen molar-refractivity contribution in [2.75, 3.05) is 5.32 Å². The van der Waals surface area contributed by atoms with Crippen LogP contribution < -0.4 is 11.1 Å². The predicted octanol–water partition coefficient (Wildman–Crippen LogP) is 3.41. The lowest BCUT2D eigenvalue weighted by molar-refractivity contribution is 0.259. The van der Waals surface area contributed by atoms with Gasteiger partial charge in [0.25, 0.3) is 0 Å². The van der Waals surface area contributed by atoms with Crippen LogP contribution in [0.3, 0.4) is 0 Å². The first-order chi connectivity index (χ1) is 8.70. The fraction of sp³-hybridized carbons (Fsp3) is 0.333. The molecular formula is C12H13ClFN3O2. The number of primary amides is 1. The highest BCUT2D eigenvalue weighted by Gasteiger charge is 2.25. The second kappa shape index (κ2) is 4.38. The Hall–Kier alpha value is -1.82. The van der Waals surface area contributed by atoms with Gasteiger partial charge in [0.1, 0.15) is 11.2 Å². The van der Waals surface area contributed by atoms with E-state index < -0.39 is 11.8 Å². The van der Waals surface area contributed by atoms with Crippen LogP contribution in [0.2, 0.25) is 5.02 Å². The number of nitrogens with two attached hydrogens (primary N) is 1. The van der Waals surface area contributed by atoms with Gasteiger partial charge < -0.3 is 15.5 Å². The summed E-state index contributed by atoms with van der Waals surface area (Å²) in [4.78, 5) is 15.1. The molecule has 0 bridgehead atoms. The molecule has 19 heavy (non-hydrogen) atoms. The zero-order valence-electron chi connectivity index (χ0n) is 10.7. The lowest BCUT2D eigenvalue weighted by atomic mass is 9.97. The number of benzene rings is 1. The Kier molecular flexibility index (Phi) is 3.14. The maximum Gasteiger partial charge on any atom is 0.316 e.